The van der Waals surface area contributed by atoms with Crippen molar-refractivity contribution in [1.29, 1.82) is 0 Å². The van der Waals surface area contributed by atoms with Crippen LogP contribution in [0.25, 0.3) is 0 Å². The third-order valence-corrected chi connectivity index (χ3v) is 3.97. The molecule has 5 heteroatoms. The molecule has 104 valence electrons. The lowest BCUT2D eigenvalue weighted by Crippen LogP contribution is -2.39. The minimum absolute atomic E-state index is 0.246. The quantitative estimate of drug-likeness (QED) is 0.862. The molecular formula is C15H17N3O2. The summed E-state index contributed by atoms with van der Waals surface area (Å²) >= 11 is 0. The second kappa shape index (κ2) is 5.09. The third-order valence-electron chi connectivity index (χ3n) is 3.97. The summed E-state index contributed by atoms with van der Waals surface area (Å²) in [6.45, 7) is 3.54. The number of nitrogens with one attached hydrogen (secondary N) is 2. The molecule has 2 aromatic rings. The second-order valence-electron chi connectivity index (χ2n) is 5.17. The van der Waals surface area contributed by atoms with E-state index in [0.717, 1.165) is 12.2 Å². The van der Waals surface area contributed by atoms with Crippen LogP contribution in [0.4, 0.5) is 0 Å². The van der Waals surface area contributed by atoms with E-state index in [4.69, 9.17) is 0 Å². The van der Waals surface area contributed by atoms with E-state index in [1.165, 1.54) is 5.56 Å². The lowest BCUT2D eigenvalue weighted by atomic mass is 10.0. The summed E-state index contributed by atoms with van der Waals surface area (Å²) in [5.41, 5.74) is 2.00. The van der Waals surface area contributed by atoms with Crippen molar-refractivity contribution in [3.8, 4) is 0 Å². The van der Waals surface area contributed by atoms with Gasteiger partial charge in [-0.1, -0.05) is 30.3 Å². The highest BCUT2D eigenvalue weighted by molar-refractivity contribution is 5.22. The molecule has 0 saturated heterocycles. The van der Waals surface area contributed by atoms with Gasteiger partial charge >= 0.3 is 5.69 Å². The zero-order valence-corrected chi connectivity index (χ0v) is 11.3. The lowest BCUT2D eigenvalue weighted by Gasteiger charge is -2.33. The number of H-pyrrole nitrogens is 2. The Kier molecular flexibility index (Phi) is 3.28. The van der Waals surface area contributed by atoms with Crippen LogP contribution in [0.15, 0.2) is 39.9 Å². The fourth-order valence-electron chi connectivity index (χ4n) is 2.75. The van der Waals surface area contributed by atoms with E-state index >= 15 is 0 Å². The van der Waals surface area contributed by atoms with Crippen LogP contribution in [0, 0.1) is 0 Å². The van der Waals surface area contributed by atoms with Crippen LogP contribution in [-0.2, 0) is 13.0 Å². The largest absolute Gasteiger partial charge is 0.325 e. The van der Waals surface area contributed by atoms with Crippen LogP contribution in [0.2, 0.25) is 0 Å². The molecule has 0 radical (unpaired) electrons. The van der Waals surface area contributed by atoms with E-state index in [0.29, 0.717) is 18.5 Å². The molecule has 3 rings (SSSR count). The zero-order chi connectivity index (χ0) is 14.1. The zero-order valence-electron chi connectivity index (χ0n) is 11.3. The molecule has 1 aliphatic rings. The van der Waals surface area contributed by atoms with E-state index in [1.54, 1.807) is 0 Å². The van der Waals surface area contributed by atoms with Crippen LogP contribution in [0.1, 0.15) is 29.8 Å². The fraction of sp³-hybridized carbons (Fsp3) is 0.333. The molecule has 0 aliphatic carbocycles. The molecule has 0 saturated carbocycles. The maximum absolute atomic E-state index is 11.9. The first-order valence-electron chi connectivity index (χ1n) is 6.78. The van der Waals surface area contributed by atoms with Crippen molar-refractivity contribution in [3.63, 3.8) is 0 Å². The number of aromatic amines is 2. The van der Waals surface area contributed by atoms with Crippen molar-refractivity contribution in [2.45, 2.75) is 25.9 Å². The van der Waals surface area contributed by atoms with Gasteiger partial charge in [0, 0.05) is 31.2 Å². The number of benzene rings is 1. The minimum Gasteiger partial charge on any atom is -0.311 e. The second-order valence-corrected chi connectivity index (χ2v) is 5.17. The van der Waals surface area contributed by atoms with Crippen molar-refractivity contribution in [3.05, 3.63) is 68.0 Å². The van der Waals surface area contributed by atoms with Gasteiger partial charge in [-0.3, -0.25) is 14.7 Å². The molecule has 5 nitrogen and oxygen atoms in total. The normalized spacial score (nSPS) is 16.6. The monoisotopic (exact) mass is 271 g/mol. The highest BCUT2D eigenvalue weighted by Gasteiger charge is 2.24. The van der Waals surface area contributed by atoms with E-state index in [1.807, 2.05) is 18.2 Å². The van der Waals surface area contributed by atoms with Crippen molar-refractivity contribution in [2.75, 3.05) is 6.54 Å². The Bertz CT molecular complexity index is 718. The highest BCUT2D eigenvalue weighted by Crippen LogP contribution is 2.24. The molecular weight excluding hydrogens is 254 g/mol. The Morgan fingerprint density at radius 2 is 1.90 bits per heavy atom. The number of hydrogen-bond donors (Lipinski definition) is 2. The van der Waals surface area contributed by atoms with Gasteiger partial charge in [-0.15, -0.1) is 0 Å². The van der Waals surface area contributed by atoms with Crippen molar-refractivity contribution >= 4 is 0 Å². The topological polar surface area (TPSA) is 69.0 Å². The Morgan fingerprint density at radius 3 is 2.65 bits per heavy atom. The molecule has 0 amide bonds. The lowest BCUT2D eigenvalue weighted by molar-refractivity contribution is 0.189. The Hall–Kier alpha value is -2.14. The maximum atomic E-state index is 11.9. The van der Waals surface area contributed by atoms with E-state index < -0.39 is 5.69 Å². The fourth-order valence-corrected chi connectivity index (χ4v) is 2.75. The standard InChI is InChI=1S/C15H17N3O2/c1-10(11-5-3-2-4-6-11)18-8-7-13-12(9-18)14(19)17-15(20)16-13/h2-6,10H,7-9H2,1H3,(H2,16,17,19,20)/t10-/m0/s1. The summed E-state index contributed by atoms with van der Waals surface area (Å²) in [6, 6.07) is 10.5. The highest BCUT2D eigenvalue weighted by atomic mass is 16.2. The number of rotatable bonds is 2. The summed E-state index contributed by atoms with van der Waals surface area (Å²) in [5.74, 6) is 0. The number of nitrogens with zero attached hydrogens (tertiary/aromatic N) is 1. The third kappa shape index (κ3) is 2.32. The molecule has 2 N–H and O–H groups in total. The summed E-state index contributed by atoms with van der Waals surface area (Å²) in [4.78, 5) is 30.5. The van der Waals surface area contributed by atoms with Gasteiger partial charge in [0.25, 0.3) is 5.56 Å². The first-order valence-corrected chi connectivity index (χ1v) is 6.78. The average Bonchev–Trinajstić information content (AvgIpc) is 2.47. The summed E-state index contributed by atoms with van der Waals surface area (Å²) in [5, 5.41) is 0. The molecule has 1 atom stereocenters. The van der Waals surface area contributed by atoms with Crippen molar-refractivity contribution < 1.29 is 0 Å². The van der Waals surface area contributed by atoms with Gasteiger partial charge in [0.15, 0.2) is 0 Å². The molecule has 2 heterocycles. The number of fused-ring (bicyclic) bond motifs is 1. The van der Waals surface area contributed by atoms with E-state index in [9.17, 15) is 9.59 Å². The average molecular weight is 271 g/mol. The van der Waals surface area contributed by atoms with Gasteiger partial charge in [0.1, 0.15) is 0 Å². The van der Waals surface area contributed by atoms with Gasteiger partial charge in [0.2, 0.25) is 0 Å². The molecule has 0 bridgehead atoms. The number of aromatic nitrogens is 2. The first kappa shape index (κ1) is 12.9. The Balaban J connectivity index is 1.89. The predicted molar refractivity (Wildman–Crippen MR) is 76.7 cm³/mol. The van der Waals surface area contributed by atoms with E-state index in [2.05, 4.69) is 33.9 Å². The molecule has 0 unspecified atom stereocenters. The van der Waals surface area contributed by atoms with Crippen molar-refractivity contribution in [2.24, 2.45) is 0 Å². The van der Waals surface area contributed by atoms with Crippen LogP contribution in [0.5, 0.6) is 0 Å². The first-order chi connectivity index (χ1) is 9.65. The Morgan fingerprint density at radius 1 is 1.15 bits per heavy atom. The molecule has 0 spiro atoms. The SMILES string of the molecule is C[C@@H](c1ccccc1)N1CCc2[nH]c(=O)[nH]c(=O)c2C1. The summed E-state index contributed by atoms with van der Waals surface area (Å²) < 4.78 is 0. The predicted octanol–water partition coefficient (Wildman–Crippen LogP) is 1.18. The summed E-state index contributed by atoms with van der Waals surface area (Å²) in [6.07, 6.45) is 0.700. The van der Waals surface area contributed by atoms with Gasteiger partial charge in [-0.25, -0.2) is 4.79 Å². The van der Waals surface area contributed by atoms with Crippen LogP contribution in [0.3, 0.4) is 0 Å². The van der Waals surface area contributed by atoms with Gasteiger partial charge in [-0.05, 0) is 12.5 Å². The minimum atomic E-state index is -0.418. The summed E-state index contributed by atoms with van der Waals surface area (Å²) in [7, 11) is 0. The molecule has 20 heavy (non-hydrogen) atoms. The smallest absolute Gasteiger partial charge is 0.311 e. The maximum Gasteiger partial charge on any atom is 0.325 e. The van der Waals surface area contributed by atoms with Crippen LogP contribution >= 0.6 is 0 Å². The van der Waals surface area contributed by atoms with Crippen LogP contribution in [-0.4, -0.2) is 21.4 Å². The van der Waals surface area contributed by atoms with Crippen LogP contribution < -0.4 is 11.2 Å². The number of hydrogen-bond acceptors (Lipinski definition) is 3. The van der Waals surface area contributed by atoms with Gasteiger partial charge in [0.05, 0.1) is 5.56 Å². The van der Waals surface area contributed by atoms with E-state index in [-0.39, 0.29) is 11.6 Å². The Labute approximate surface area is 116 Å². The van der Waals surface area contributed by atoms with Crippen molar-refractivity contribution in [1.82, 2.24) is 14.9 Å². The van der Waals surface area contributed by atoms with Gasteiger partial charge < -0.3 is 4.98 Å². The molecule has 0 fully saturated rings. The molecule has 1 aromatic carbocycles. The van der Waals surface area contributed by atoms with Gasteiger partial charge in [-0.2, -0.15) is 0 Å². The molecule has 1 aliphatic heterocycles. The molecule has 1 aromatic heterocycles.